The van der Waals surface area contributed by atoms with Crippen LogP contribution in [0.3, 0.4) is 0 Å². The molecule has 1 saturated heterocycles. The van der Waals surface area contributed by atoms with Crippen LogP contribution < -0.4 is 11.1 Å². The monoisotopic (exact) mass is 403 g/mol. The van der Waals surface area contributed by atoms with Gasteiger partial charge in [-0.1, -0.05) is 44.2 Å². The molecule has 0 radical (unpaired) electrons. The average molecular weight is 403 g/mol. The molecule has 8 heteroatoms. The van der Waals surface area contributed by atoms with Crippen LogP contribution in [0.2, 0.25) is 0 Å². The van der Waals surface area contributed by atoms with Crippen LogP contribution in [0.1, 0.15) is 38.7 Å². The number of carbonyl (C=O) groups is 4. The van der Waals surface area contributed by atoms with Crippen molar-refractivity contribution >= 4 is 23.6 Å². The molecular formula is C21H29N3O5. The number of hydrogen-bond donors (Lipinski definition) is 3. The molecule has 2 rings (SSSR count). The van der Waals surface area contributed by atoms with Crippen LogP contribution in [0.25, 0.3) is 0 Å². The van der Waals surface area contributed by atoms with E-state index < -0.39 is 41.7 Å². The fraction of sp³-hybridized carbons (Fsp3) is 0.524. The zero-order valence-electron chi connectivity index (χ0n) is 16.8. The second-order valence-corrected chi connectivity index (χ2v) is 7.81. The molecule has 29 heavy (non-hydrogen) atoms. The Kier molecular flexibility index (Phi) is 8.04. The summed E-state index contributed by atoms with van der Waals surface area (Å²) in [7, 11) is 0. The zero-order chi connectivity index (χ0) is 21.6. The topological polar surface area (TPSA) is 130 Å². The Morgan fingerprint density at radius 3 is 2.38 bits per heavy atom. The molecule has 0 spiro atoms. The number of carbonyl (C=O) groups excluding carboxylic acids is 3. The first-order valence-electron chi connectivity index (χ1n) is 9.89. The van der Waals surface area contributed by atoms with Crippen LogP contribution in [0, 0.1) is 5.92 Å². The Morgan fingerprint density at radius 1 is 1.21 bits per heavy atom. The number of benzene rings is 1. The first-order chi connectivity index (χ1) is 13.7. The van der Waals surface area contributed by atoms with Gasteiger partial charge < -0.3 is 16.2 Å². The normalized spacial score (nSPS) is 18.3. The minimum atomic E-state index is -1.44. The van der Waals surface area contributed by atoms with Gasteiger partial charge in [-0.15, -0.1) is 0 Å². The van der Waals surface area contributed by atoms with Crippen molar-refractivity contribution in [3.63, 3.8) is 0 Å². The number of rotatable bonds is 9. The number of imide groups is 1. The third-order valence-corrected chi connectivity index (χ3v) is 4.95. The Bertz CT molecular complexity index is 744. The van der Waals surface area contributed by atoms with E-state index in [-0.39, 0.29) is 18.8 Å². The van der Waals surface area contributed by atoms with E-state index in [1.165, 1.54) is 0 Å². The number of nitrogens with two attached hydrogens (primary N) is 1. The molecule has 1 fully saturated rings. The smallest absolute Gasteiger partial charge is 0.326 e. The Morgan fingerprint density at radius 2 is 1.86 bits per heavy atom. The van der Waals surface area contributed by atoms with Crippen molar-refractivity contribution in [2.45, 2.75) is 57.7 Å². The molecule has 1 aliphatic heterocycles. The quantitative estimate of drug-likeness (QED) is 0.518. The maximum absolute atomic E-state index is 13.1. The van der Waals surface area contributed by atoms with Gasteiger partial charge in [0.25, 0.3) is 5.91 Å². The first kappa shape index (κ1) is 22.7. The minimum absolute atomic E-state index is 0.0379. The van der Waals surface area contributed by atoms with Gasteiger partial charge in [-0.25, -0.2) is 4.79 Å². The molecule has 1 aliphatic rings. The van der Waals surface area contributed by atoms with Gasteiger partial charge in [-0.05, 0) is 43.7 Å². The van der Waals surface area contributed by atoms with Crippen molar-refractivity contribution in [3.8, 4) is 0 Å². The molecule has 4 N–H and O–H groups in total. The third-order valence-electron chi connectivity index (χ3n) is 4.95. The first-order valence-corrected chi connectivity index (χ1v) is 9.89. The number of Topliss-reactive ketones (excluding diaryl/α,β-unsaturated/α-hetero) is 1. The fourth-order valence-electron chi connectivity index (χ4n) is 3.47. The van der Waals surface area contributed by atoms with E-state index in [0.717, 1.165) is 12.0 Å². The van der Waals surface area contributed by atoms with Gasteiger partial charge >= 0.3 is 5.97 Å². The molecular weight excluding hydrogens is 374 g/mol. The molecule has 0 bridgehead atoms. The highest BCUT2D eigenvalue weighted by Crippen LogP contribution is 2.17. The van der Waals surface area contributed by atoms with Crippen molar-refractivity contribution in [3.05, 3.63) is 35.9 Å². The number of ketones is 1. The molecule has 1 unspecified atom stereocenters. The van der Waals surface area contributed by atoms with Crippen LogP contribution in [0.5, 0.6) is 0 Å². The van der Waals surface area contributed by atoms with E-state index in [1.807, 2.05) is 6.07 Å². The van der Waals surface area contributed by atoms with E-state index >= 15 is 0 Å². The second kappa shape index (κ2) is 10.3. The lowest BCUT2D eigenvalue weighted by Gasteiger charge is -2.30. The minimum Gasteiger partial charge on any atom is -0.480 e. The highest BCUT2D eigenvalue weighted by Gasteiger charge is 2.42. The SMILES string of the molecule is CC(C)C[C@H](C(=O)O)N(C(=O)C(=O)C1CCCN1)C(=O)[C@@H](N)Cc1ccccc1. The highest BCUT2D eigenvalue weighted by molar-refractivity contribution is 6.41. The molecule has 158 valence electrons. The molecule has 0 aliphatic carbocycles. The standard InChI is InChI=1S/C21H29N3O5/c1-13(2)11-17(21(28)29)24(20(27)18(25)16-9-6-10-23-16)19(26)15(22)12-14-7-4-3-5-8-14/h3-5,7-8,13,15-17,23H,6,9-12,22H2,1-2H3,(H,28,29)/t15-,16?,17+/m0/s1. The Balaban J connectivity index is 2.30. The molecule has 0 aromatic heterocycles. The van der Waals surface area contributed by atoms with Crippen molar-refractivity contribution in [1.29, 1.82) is 0 Å². The lowest BCUT2D eigenvalue weighted by molar-refractivity contribution is -0.162. The summed E-state index contributed by atoms with van der Waals surface area (Å²) in [6, 6.07) is 5.71. The van der Waals surface area contributed by atoms with Gasteiger partial charge in [0.15, 0.2) is 0 Å². The van der Waals surface area contributed by atoms with Crippen molar-refractivity contribution in [2.24, 2.45) is 11.7 Å². The summed E-state index contributed by atoms with van der Waals surface area (Å²) in [4.78, 5) is 51.2. The second-order valence-electron chi connectivity index (χ2n) is 7.81. The molecule has 1 aromatic carbocycles. The number of hydrogen-bond acceptors (Lipinski definition) is 6. The number of nitrogens with zero attached hydrogens (tertiary/aromatic N) is 1. The number of carboxylic acids is 1. The van der Waals surface area contributed by atoms with Crippen LogP contribution >= 0.6 is 0 Å². The van der Waals surface area contributed by atoms with Gasteiger partial charge in [0, 0.05) is 0 Å². The van der Waals surface area contributed by atoms with Crippen molar-refractivity contribution in [1.82, 2.24) is 10.2 Å². The summed E-state index contributed by atoms with van der Waals surface area (Å²) < 4.78 is 0. The Hall–Kier alpha value is -2.58. The van der Waals surface area contributed by atoms with E-state index in [2.05, 4.69) is 5.32 Å². The predicted molar refractivity (Wildman–Crippen MR) is 107 cm³/mol. The van der Waals surface area contributed by atoms with Crippen LogP contribution in [-0.4, -0.2) is 58.2 Å². The summed E-state index contributed by atoms with van der Waals surface area (Å²) in [5.41, 5.74) is 6.83. The van der Waals surface area contributed by atoms with E-state index in [4.69, 9.17) is 5.73 Å². The summed E-state index contributed by atoms with van der Waals surface area (Å²) in [5, 5.41) is 12.6. The third kappa shape index (κ3) is 5.95. The highest BCUT2D eigenvalue weighted by atomic mass is 16.4. The van der Waals surface area contributed by atoms with E-state index in [9.17, 15) is 24.3 Å². The molecule has 2 amide bonds. The molecule has 1 aromatic rings. The maximum Gasteiger partial charge on any atom is 0.326 e. The predicted octanol–water partition coefficient (Wildman–Crippen LogP) is 0.732. The fourth-order valence-corrected chi connectivity index (χ4v) is 3.47. The molecule has 0 saturated carbocycles. The lowest BCUT2D eigenvalue weighted by atomic mass is 9.98. The van der Waals surface area contributed by atoms with Crippen LogP contribution in [0.4, 0.5) is 0 Å². The molecule has 8 nitrogen and oxygen atoms in total. The van der Waals surface area contributed by atoms with E-state index in [1.54, 1.807) is 38.1 Å². The van der Waals surface area contributed by atoms with Crippen molar-refractivity contribution in [2.75, 3.05) is 6.54 Å². The maximum atomic E-state index is 13.1. The van der Waals surface area contributed by atoms with Gasteiger partial charge in [0.1, 0.15) is 6.04 Å². The number of nitrogens with one attached hydrogen (secondary N) is 1. The number of aliphatic carboxylic acids is 1. The molecule has 3 atom stereocenters. The largest absolute Gasteiger partial charge is 0.480 e. The van der Waals surface area contributed by atoms with Crippen LogP contribution in [-0.2, 0) is 25.6 Å². The summed E-state index contributed by atoms with van der Waals surface area (Å²) in [6.45, 7) is 4.17. The average Bonchev–Trinajstić information content (AvgIpc) is 3.21. The van der Waals surface area contributed by atoms with Crippen LogP contribution in [0.15, 0.2) is 30.3 Å². The summed E-state index contributed by atoms with van der Waals surface area (Å²) in [5.74, 6) is -4.19. The van der Waals surface area contributed by atoms with Gasteiger partial charge in [-0.3, -0.25) is 19.3 Å². The molecule has 1 heterocycles. The lowest BCUT2D eigenvalue weighted by Crippen LogP contribution is -2.58. The summed E-state index contributed by atoms with van der Waals surface area (Å²) in [6.07, 6.45) is 1.38. The summed E-state index contributed by atoms with van der Waals surface area (Å²) >= 11 is 0. The van der Waals surface area contributed by atoms with Gasteiger partial charge in [0.2, 0.25) is 11.7 Å². The van der Waals surface area contributed by atoms with Crippen molar-refractivity contribution < 1.29 is 24.3 Å². The van der Waals surface area contributed by atoms with Gasteiger partial charge in [-0.2, -0.15) is 0 Å². The van der Waals surface area contributed by atoms with Gasteiger partial charge in [0.05, 0.1) is 12.1 Å². The number of amides is 2. The number of carboxylic acid groups (broad SMARTS) is 1. The zero-order valence-corrected chi connectivity index (χ0v) is 16.8. The van der Waals surface area contributed by atoms with E-state index in [0.29, 0.717) is 17.9 Å². The Labute approximate surface area is 170 Å².